The van der Waals surface area contributed by atoms with Crippen LogP contribution in [0.5, 0.6) is 0 Å². The number of hydrogen-bond acceptors (Lipinski definition) is 3. The summed E-state index contributed by atoms with van der Waals surface area (Å²) < 4.78 is 5.16. The molecule has 0 radical (unpaired) electrons. The van der Waals surface area contributed by atoms with Gasteiger partial charge < -0.3 is 10.1 Å². The highest BCUT2D eigenvalue weighted by Crippen LogP contribution is 2.26. The fourth-order valence-corrected chi connectivity index (χ4v) is 2.06. The van der Waals surface area contributed by atoms with Gasteiger partial charge in [0.05, 0.1) is 6.61 Å². The van der Waals surface area contributed by atoms with Crippen LogP contribution in [0.3, 0.4) is 0 Å². The predicted molar refractivity (Wildman–Crippen MR) is 74.7 cm³/mol. The number of unbranched alkanes of at least 4 members (excludes halogenated alkanes) is 4. The number of hydrogen-bond donors (Lipinski definition) is 1. The maximum atomic E-state index is 11.7. The Kier molecular flexibility index (Phi) is 7.53. The summed E-state index contributed by atoms with van der Waals surface area (Å²) in [5.74, 6) is -0.203. The first-order chi connectivity index (χ1) is 9.15. The number of carbonyl (C=O) groups excluding carboxylic acids is 2. The van der Waals surface area contributed by atoms with Gasteiger partial charge in [0.15, 0.2) is 0 Å². The fraction of sp³-hybridized carbons (Fsp3) is 0.867. The van der Waals surface area contributed by atoms with Gasteiger partial charge in [-0.1, -0.05) is 39.0 Å². The Hall–Kier alpha value is -1.06. The Morgan fingerprint density at radius 2 is 1.89 bits per heavy atom. The zero-order chi connectivity index (χ0) is 14.1. The van der Waals surface area contributed by atoms with E-state index in [0.29, 0.717) is 6.61 Å². The van der Waals surface area contributed by atoms with Crippen LogP contribution >= 0.6 is 0 Å². The van der Waals surface area contributed by atoms with Crippen LogP contribution in [0.2, 0.25) is 0 Å². The van der Waals surface area contributed by atoms with E-state index >= 15 is 0 Å². The third-order valence-corrected chi connectivity index (χ3v) is 3.68. The van der Waals surface area contributed by atoms with E-state index in [0.717, 1.165) is 32.1 Å². The van der Waals surface area contributed by atoms with Crippen molar-refractivity contribution in [1.82, 2.24) is 5.32 Å². The molecule has 1 N–H and O–H groups in total. The van der Waals surface area contributed by atoms with Gasteiger partial charge in [0.2, 0.25) is 5.91 Å². The highest BCUT2D eigenvalue weighted by Gasteiger charge is 2.27. The van der Waals surface area contributed by atoms with E-state index in [9.17, 15) is 9.59 Å². The molecular formula is C15H27NO3. The first-order valence-corrected chi connectivity index (χ1v) is 7.62. The van der Waals surface area contributed by atoms with Gasteiger partial charge in [0.1, 0.15) is 6.04 Å². The second-order valence-electron chi connectivity index (χ2n) is 5.44. The molecule has 1 fully saturated rings. The molecule has 4 nitrogen and oxygen atoms in total. The Balaban J connectivity index is 2.05. The van der Waals surface area contributed by atoms with Crippen LogP contribution in [-0.4, -0.2) is 24.5 Å². The minimum Gasteiger partial charge on any atom is -0.464 e. The molecule has 110 valence electrons. The van der Waals surface area contributed by atoms with Crippen molar-refractivity contribution in [2.45, 2.75) is 71.3 Å². The van der Waals surface area contributed by atoms with Gasteiger partial charge in [-0.05, 0) is 26.2 Å². The molecule has 0 aromatic carbocycles. The molecule has 0 spiro atoms. The first kappa shape index (κ1) is 16.0. The van der Waals surface area contributed by atoms with E-state index in [1.54, 1.807) is 6.92 Å². The zero-order valence-electron chi connectivity index (χ0n) is 12.2. The van der Waals surface area contributed by atoms with Crippen LogP contribution in [-0.2, 0) is 14.3 Å². The van der Waals surface area contributed by atoms with E-state index in [1.165, 1.54) is 19.3 Å². The van der Waals surface area contributed by atoms with Crippen molar-refractivity contribution in [3.8, 4) is 0 Å². The standard InChI is InChI=1S/C15H27NO3/c1-3-4-5-6-7-11-19-15(18)12(2)16-14(17)13-9-8-10-13/h12-13H,3-11H2,1-2H3,(H,16,17). The number of ether oxygens (including phenoxy) is 1. The van der Waals surface area contributed by atoms with Crippen LogP contribution in [0, 0.1) is 5.92 Å². The lowest BCUT2D eigenvalue weighted by Crippen LogP contribution is -2.44. The summed E-state index contributed by atoms with van der Waals surface area (Å²) in [7, 11) is 0. The Morgan fingerprint density at radius 1 is 1.21 bits per heavy atom. The van der Waals surface area contributed by atoms with E-state index in [4.69, 9.17) is 4.74 Å². The van der Waals surface area contributed by atoms with Gasteiger partial charge in [0, 0.05) is 5.92 Å². The molecule has 1 unspecified atom stereocenters. The minimum absolute atomic E-state index is 0.00125. The van der Waals surface area contributed by atoms with Gasteiger partial charge in [-0.3, -0.25) is 4.79 Å². The van der Waals surface area contributed by atoms with E-state index in [-0.39, 0.29) is 17.8 Å². The molecule has 4 heteroatoms. The lowest BCUT2D eigenvalue weighted by atomic mass is 9.84. The molecule has 1 atom stereocenters. The third kappa shape index (κ3) is 6.08. The molecule has 19 heavy (non-hydrogen) atoms. The summed E-state index contributed by atoms with van der Waals surface area (Å²) in [6, 6.07) is -0.524. The van der Waals surface area contributed by atoms with Gasteiger partial charge >= 0.3 is 5.97 Å². The Labute approximate surface area is 116 Å². The monoisotopic (exact) mass is 269 g/mol. The third-order valence-electron chi connectivity index (χ3n) is 3.68. The van der Waals surface area contributed by atoms with E-state index in [1.807, 2.05) is 0 Å². The molecule has 1 amide bonds. The summed E-state index contributed by atoms with van der Waals surface area (Å²) in [6.45, 7) is 4.33. The first-order valence-electron chi connectivity index (χ1n) is 7.62. The van der Waals surface area contributed by atoms with E-state index < -0.39 is 6.04 Å². The second kappa shape index (κ2) is 8.94. The molecule has 0 bridgehead atoms. The molecule has 1 aliphatic carbocycles. The van der Waals surface area contributed by atoms with Crippen LogP contribution in [0.25, 0.3) is 0 Å². The molecule has 0 aliphatic heterocycles. The minimum atomic E-state index is -0.524. The SMILES string of the molecule is CCCCCCCOC(=O)C(C)NC(=O)C1CCC1. The normalized spacial score (nSPS) is 16.5. The van der Waals surface area contributed by atoms with E-state index in [2.05, 4.69) is 12.2 Å². The van der Waals surface area contributed by atoms with Crippen molar-refractivity contribution >= 4 is 11.9 Å². The summed E-state index contributed by atoms with van der Waals surface area (Å²) in [5, 5.41) is 2.73. The second-order valence-corrected chi connectivity index (χ2v) is 5.44. The fourth-order valence-electron chi connectivity index (χ4n) is 2.06. The van der Waals surface area contributed by atoms with Crippen molar-refractivity contribution in [2.24, 2.45) is 5.92 Å². The average molecular weight is 269 g/mol. The largest absolute Gasteiger partial charge is 0.464 e. The van der Waals surface area contributed by atoms with Gasteiger partial charge in [0.25, 0.3) is 0 Å². The van der Waals surface area contributed by atoms with Crippen molar-refractivity contribution in [2.75, 3.05) is 6.61 Å². The summed E-state index contributed by atoms with van der Waals surface area (Å²) in [6.07, 6.45) is 8.68. The van der Waals surface area contributed by atoms with Crippen LogP contribution in [0.15, 0.2) is 0 Å². The molecular weight excluding hydrogens is 242 g/mol. The lowest BCUT2D eigenvalue weighted by molar-refractivity contribution is -0.148. The van der Waals surface area contributed by atoms with Gasteiger partial charge in [-0.25, -0.2) is 4.79 Å². The number of carbonyl (C=O) groups is 2. The Morgan fingerprint density at radius 3 is 2.47 bits per heavy atom. The summed E-state index contributed by atoms with van der Waals surface area (Å²) in [4.78, 5) is 23.3. The van der Waals surface area contributed by atoms with Crippen molar-refractivity contribution in [1.29, 1.82) is 0 Å². The summed E-state index contributed by atoms with van der Waals surface area (Å²) >= 11 is 0. The number of rotatable bonds is 9. The molecule has 1 rings (SSSR count). The maximum absolute atomic E-state index is 11.7. The van der Waals surface area contributed by atoms with Crippen LogP contribution in [0.1, 0.15) is 65.2 Å². The maximum Gasteiger partial charge on any atom is 0.328 e. The number of amides is 1. The van der Waals surface area contributed by atoms with Crippen molar-refractivity contribution < 1.29 is 14.3 Å². The molecule has 0 aromatic heterocycles. The molecule has 1 saturated carbocycles. The molecule has 0 aromatic rings. The van der Waals surface area contributed by atoms with Crippen molar-refractivity contribution in [3.05, 3.63) is 0 Å². The van der Waals surface area contributed by atoms with Crippen LogP contribution < -0.4 is 5.32 Å². The highest BCUT2D eigenvalue weighted by atomic mass is 16.5. The quantitative estimate of drug-likeness (QED) is 0.517. The topological polar surface area (TPSA) is 55.4 Å². The Bertz CT molecular complexity index is 287. The molecule has 0 heterocycles. The average Bonchev–Trinajstić information content (AvgIpc) is 2.30. The van der Waals surface area contributed by atoms with Gasteiger partial charge in [-0.15, -0.1) is 0 Å². The predicted octanol–water partition coefficient (Wildman–Crippen LogP) is 2.80. The smallest absolute Gasteiger partial charge is 0.328 e. The lowest BCUT2D eigenvalue weighted by Gasteiger charge is -2.25. The highest BCUT2D eigenvalue weighted by molar-refractivity contribution is 5.85. The number of esters is 1. The molecule has 1 aliphatic rings. The van der Waals surface area contributed by atoms with Crippen LogP contribution in [0.4, 0.5) is 0 Å². The summed E-state index contributed by atoms with van der Waals surface area (Å²) in [5.41, 5.74) is 0. The number of nitrogens with one attached hydrogen (secondary N) is 1. The zero-order valence-corrected chi connectivity index (χ0v) is 12.2. The van der Waals surface area contributed by atoms with Crippen molar-refractivity contribution in [3.63, 3.8) is 0 Å². The molecule has 0 saturated heterocycles. The van der Waals surface area contributed by atoms with Gasteiger partial charge in [-0.2, -0.15) is 0 Å².